The summed E-state index contributed by atoms with van der Waals surface area (Å²) in [6.07, 6.45) is 2.49. The van der Waals surface area contributed by atoms with E-state index in [0.717, 1.165) is 17.5 Å². The van der Waals surface area contributed by atoms with Crippen molar-refractivity contribution in [2.75, 3.05) is 25.7 Å². The summed E-state index contributed by atoms with van der Waals surface area (Å²) in [6.45, 7) is 2.01. The Morgan fingerprint density at radius 3 is 2.33 bits per heavy atom. The van der Waals surface area contributed by atoms with Crippen molar-refractivity contribution < 1.29 is 28.2 Å². The monoisotopic (exact) mass is 612 g/mol. The molecule has 1 amide bonds. The molecule has 0 spiro atoms. The maximum Gasteiger partial charge on any atom is 0.325 e. The number of amides is 1. The van der Waals surface area contributed by atoms with E-state index in [1.165, 1.54) is 36.2 Å². The number of carbonyl (C=O) groups is 2. The third-order valence-electron chi connectivity index (χ3n) is 6.10. The minimum absolute atomic E-state index is 0.172. The molecule has 0 atom stereocenters. The van der Waals surface area contributed by atoms with Crippen molar-refractivity contribution >= 4 is 56.9 Å². The van der Waals surface area contributed by atoms with Crippen LogP contribution in [0.5, 0.6) is 11.5 Å². The van der Waals surface area contributed by atoms with Gasteiger partial charge in [-0.25, -0.2) is 4.39 Å². The number of aryl methyl sites for hydroxylation is 1. The van der Waals surface area contributed by atoms with Crippen LogP contribution in [-0.4, -0.2) is 42.7 Å². The van der Waals surface area contributed by atoms with E-state index < -0.39 is 5.97 Å². The Labute approximate surface area is 239 Å². The second-order valence-corrected chi connectivity index (χ2v) is 9.80. The molecular weight excluding hydrogens is 587 g/mol. The van der Waals surface area contributed by atoms with Gasteiger partial charge >= 0.3 is 5.97 Å². The van der Waals surface area contributed by atoms with Gasteiger partial charge in [0.15, 0.2) is 16.6 Å². The van der Waals surface area contributed by atoms with Crippen molar-refractivity contribution in [2.45, 2.75) is 20.0 Å². The number of benzene rings is 3. The maximum absolute atomic E-state index is 13.6. The number of rotatable bonds is 9. The van der Waals surface area contributed by atoms with Crippen LogP contribution in [0.1, 0.15) is 23.6 Å². The number of anilines is 1. The smallest absolute Gasteiger partial charge is 0.325 e. The Hall–Kier alpha value is -3.76. The van der Waals surface area contributed by atoms with Crippen LogP contribution < -0.4 is 14.4 Å². The molecule has 1 fully saturated rings. The lowest BCUT2D eigenvalue weighted by atomic mass is 10.1. The summed E-state index contributed by atoms with van der Waals surface area (Å²) in [7, 11) is 2.78. The molecule has 0 N–H and O–H groups in total. The number of methoxy groups -OCH3 is 2. The lowest BCUT2D eigenvalue weighted by Crippen LogP contribution is -2.35. The first-order valence-electron chi connectivity index (χ1n) is 12.0. The quantitative estimate of drug-likeness (QED) is 0.170. The van der Waals surface area contributed by atoms with Crippen LogP contribution in [0, 0.1) is 5.82 Å². The molecule has 0 radical (unpaired) electrons. The molecule has 3 aromatic rings. The number of thiocarbonyl (C=S) groups is 1. The molecule has 0 bridgehead atoms. The first-order chi connectivity index (χ1) is 18.7. The van der Waals surface area contributed by atoms with Crippen LogP contribution in [0.4, 0.5) is 10.1 Å². The zero-order valence-electron chi connectivity index (χ0n) is 21.6. The highest BCUT2D eigenvalue weighted by Crippen LogP contribution is 2.38. The minimum atomic E-state index is -0.539. The summed E-state index contributed by atoms with van der Waals surface area (Å²) in [5, 5.41) is 0.172. The maximum atomic E-state index is 13.6. The van der Waals surface area contributed by atoms with E-state index in [0.29, 0.717) is 27.2 Å². The molecule has 7 nitrogen and oxygen atoms in total. The van der Waals surface area contributed by atoms with Crippen LogP contribution in [0.2, 0.25) is 0 Å². The third-order valence-corrected chi connectivity index (χ3v) is 7.10. The summed E-state index contributed by atoms with van der Waals surface area (Å²) in [5.74, 6) is -0.379. The van der Waals surface area contributed by atoms with E-state index in [4.69, 9.17) is 26.4 Å². The molecule has 1 aliphatic heterocycles. The van der Waals surface area contributed by atoms with E-state index in [1.807, 2.05) is 31.2 Å². The molecule has 4 rings (SSSR count). The summed E-state index contributed by atoms with van der Waals surface area (Å²) < 4.78 is 30.2. The van der Waals surface area contributed by atoms with Gasteiger partial charge in [-0.2, -0.15) is 0 Å². The van der Waals surface area contributed by atoms with Gasteiger partial charge in [0.2, 0.25) is 0 Å². The van der Waals surface area contributed by atoms with Gasteiger partial charge in [0, 0.05) is 0 Å². The molecule has 1 aliphatic rings. The van der Waals surface area contributed by atoms with E-state index >= 15 is 0 Å². The second kappa shape index (κ2) is 12.4. The van der Waals surface area contributed by atoms with Crippen molar-refractivity contribution in [1.29, 1.82) is 0 Å². The summed E-state index contributed by atoms with van der Waals surface area (Å²) in [6, 6.07) is 17.0. The molecule has 1 heterocycles. The lowest BCUT2D eigenvalue weighted by Gasteiger charge is -2.19. The van der Waals surface area contributed by atoms with Crippen molar-refractivity contribution in [3.05, 3.63) is 93.3 Å². The van der Waals surface area contributed by atoms with Crippen LogP contribution in [0.15, 0.2) is 70.8 Å². The van der Waals surface area contributed by atoms with Crippen molar-refractivity contribution in [2.24, 2.45) is 0 Å². The van der Waals surface area contributed by atoms with Crippen LogP contribution in [-0.2, 0) is 27.4 Å². The highest BCUT2D eigenvalue weighted by Gasteiger charge is 2.40. The van der Waals surface area contributed by atoms with E-state index in [-0.39, 0.29) is 35.7 Å². The Morgan fingerprint density at radius 1 is 1.05 bits per heavy atom. The van der Waals surface area contributed by atoms with Gasteiger partial charge in [0.1, 0.15) is 24.7 Å². The topological polar surface area (TPSA) is 68.3 Å². The first-order valence-corrected chi connectivity index (χ1v) is 13.2. The first kappa shape index (κ1) is 28.3. The number of halogens is 2. The number of hydrogen-bond donors (Lipinski definition) is 0. The molecule has 0 aromatic heterocycles. The molecule has 0 saturated carbocycles. The molecule has 202 valence electrons. The lowest BCUT2D eigenvalue weighted by molar-refractivity contribution is -0.140. The number of hydrogen-bond acceptors (Lipinski definition) is 6. The fraction of sp³-hybridized carbons (Fsp3) is 0.207. The second-order valence-electron chi connectivity index (χ2n) is 8.58. The average molecular weight is 614 g/mol. The normalized spacial score (nSPS) is 14.2. The van der Waals surface area contributed by atoms with Gasteiger partial charge in [-0.15, -0.1) is 0 Å². The van der Waals surface area contributed by atoms with E-state index in [1.54, 1.807) is 30.3 Å². The van der Waals surface area contributed by atoms with E-state index in [9.17, 15) is 14.0 Å². The van der Waals surface area contributed by atoms with Crippen molar-refractivity contribution in [3.8, 4) is 11.5 Å². The highest BCUT2D eigenvalue weighted by molar-refractivity contribution is 9.10. The Morgan fingerprint density at radius 2 is 1.72 bits per heavy atom. The molecule has 10 heteroatoms. The van der Waals surface area contributed by atoms with Crippen molar-refractivity contribution in [1.82, 2.24) is 4.90 Å². The fourth-order valence-corrected chi connectivity index (χ4v) is 4.92. The highest BCUT2D eigenvalue weighted by atomic mass is 79.9. The third kappa shape index (κ3) is 6.29. The van der Waals surface area contributed by atoms with Gasteiger partial charge in [-0.3, -0.25) is 14.5 Å². The molecule has 39 heavy (non-hydrogen) atoms. The van der Waals surface area contributed by atoms with E-state index in [2.05, 4.69) is 15.9 Å². The number of esters is 1. The Bertz CT molecular complexity index is 1430. The summed E-state index contributed by atoms with van der Waals surface area (Å²) >= 11 is 9.16. The van der Waals surface area contributed by atoms with Gasteiger partial charge in [-0.05, 0) is 93.7 Å². The van der Waals surface area contributed by atoms with Gasteiger partial charge < -0.3 is 19.1 Å². The Balaban J connectivity index is 1.68. The number of nitrogens with zero attached hydrogens (tertiary/aromatic N) is 2. The summed E-state index contributed by atoms with van der Waals surface area (Å²) in [5.41, 5.74) is 3.32. The molecule has 3 aromatic carbocycles. The molecule has 0 unspecified atom stereocenters. The SMILES string of the molecule is CCc1ccc(N2C(=O)/C(=C/c3cc(Br)c(OCc4ccc(F)cc4)c(OC)c3)N(CC(=O)OC)C2=S)cc1. The molecule has 1 saturated heterocycles. The summed E-state index contributed by atoms with van der Waals surface area (Å²) in [4.78, 5) is 28.7. The fourth-order valence-electron chi connectivity index (χ4n) is 3.99. The van der Waals surface area contributed by atoms with Crippen LogP contribution in [0.25, 0.3) is 6.08 Å². The number of carbonyl (C=O) groups excluding carboxylic acids is 2. The minimum Gasteiger partial charge on any atom is -0.493 e. The predicted molar refractivity (Wildman–Crippen MR) is 154 cm³/mol. The zero-order chi connectivity index (χ0) is 28.1. The Kier molecular flexibility index (Phi) is 8.98. The standard InChI is InChI=1S/C29H26BrFN2O5S/c1-4-18-7-11-22(12-8-18)33-28(35)24(32(29(33)39)16-26(34)37-3)14-20-13-23(30)27(25(15-20)36-2)38-17-19-5-9-21(31)10-6-19/h5-15H,4,16-17H2,1-3H3/b24-14-. The van der Waals surface area contributed by atoms with Gasteiger partial charge in [0.25, 0.3) is 5.91 Å². The predicted octanol–water partition coefficient (Wildman–Crippen LogP) is 5.89. The van der Waals surface area contributed by atoms with Gasteiger partial charge in [-0.1, -0.05) is 31.2 Å². The van der Waals surface area contributed by atoms with Crippen LogP contribution >= 0.6 is 28.1 Å². The van der Waals surface area contributed by atoms with Crippen LogP contribution in [0.3, 0.4) is 0 Å². The van der Waals surface area contributed by atoms with Gasteiger partial charge in [0.05, 0.1) is 24.4 Å². The molecular formula is C29H26BrFN2O5S. The molecule has 0 aliphatic carbocycles. The zero-order valence-corrected chi connectivity index (χ0v) is 24.0. The van der Waals surface area contributed by atoms with Crippen molar-refractivity contribution in [3.63, 3.8) is 0 Å². The average Bonchev–Trinajstić information content (AvgIpc) is 3.16. The largest absolute Gasteiger partial charge is 0.493 e. The number of ether oxygens (including phenoxy) is 3.